The molecule has 8 nitrogen and oxygen atoms in total. The van der Waals surface area contributed by atoms with Crippen molar-refractivity contribution in [2.75, 3.05) is 24.0 Å². The molecular weight excluding hydrogens is 392 g/mol. The Bertz CT molecular complexity index is 752. The maximum Gasteiger partial charge on any atom is 0.326 e. The Labute approximate surface area is 174 Å². The summed E-state index contributed by atoms with van der Waals surface area (Å²) in [5.41, 5.74) is 7.40. The standard InChI is InChI=1S/C20H28N4O4S/c1-29-11-10-17(20(27)28)21-18(25)14-8-6-13(7-9-14)12-24-19(26)15-4-2-3-5-16(15)22-23-24/h2-5,13-14,17,22-23H,6-12H2,1H3,(H,21,25)(H,27,28)/t13?,14?,17-/m1/s1. The number of hydrazine groups is 2. The average Bonchev–Trinajstić information content (AvgIpc) is 2.73. The van der Waals surface area contributed by atoms with Crippen LogP contribution in [0, 0.1) is 11.8 Å². The highest BCUT2D eigenvalue weighted by molar-refractivity contribution is 7.98. The number of carboxylic acid groups (broad SMARTS) is 1. The number of carbonyl (C=O) groups is 3. The zero-order valence-electron chi connectivity index (χ0n) is 16.5. The van der Waals surface area contributed by atoms with E-state index in [2.05, 4.69) is 16.3 Å². The normalized spacial score (nSPS) is 22.4. The van der Waals surface area contributed by atoms with Gasteiger partial charge in [0.25, 0.3) is 5.91 Å². The van der Waals surface area contributed by atoms with Gasteiger partial charge in [0.15, 0.2) is 0 Å². The maximum atomic E-state index is 12.6. The van der Waals surface area contributed by atoms with Gasteiger partial charge in [-0.3, -0.25) is 14.6 Å². The smallest absolute Gasteiger partial charge is 0.326 e. The van der Waals surface area contributed by atoms with E-state index in [-0.39, 0.29) is 17.7 Å². The Balaban J connectivity index is 1.47. The molecule has 158 valence electrons. The second-order valence-corrected chi connectivity index (χ2v) is 8.58. The van der Waals surface area contributed by atoms with E-state index in [1.807, 2.05) is 24.5 Å². The molecule has 0 spiro atoms. The highest BCUT2D eigenvalue weighted by Gasteiger charge is 2.32. The van der Waals surface area contributed by atoms with Gasteiger partial charge in [0.1, 0.15) is 6.04 Å². The third-order valence-electron chi connectivity index (χ3n) is 5.61. The van der Waals surface area contributed by atoms with Gasteiger partial charge in [-0.2, -0.15) is 11.8 Å². The topological polar surface area (TPSA) is 111 Å². The number of hydrogen-bond acceptors (Lipinski definition) is 6. The number of carboxylic acids is 1. The van der Waals surface area contributed by atoms with Crippen molar-refractivity contribution in [1.82, 2.24) is 15.9 Å². The fourth-order valence-electron chi connectivity index (χ4n) is 3.88. The van der Waals surface area contributed by atoms with Crippen molar-refractivity contribution in [2.24, 2.45) is 11.8 Å². The lowest BCUT2D eigenvalue weighted by atomic mass is 9.81. The van der Waals surface area contributed by atoms with Crippen LogP contribution < -0.4 is 16.3 Å². The second kappa shape index (κ2) is 9.98. The Morgan fingerprint density at radius 3 is 2.69 bits per heavy atom. The second-order valence-electron chi connectivity index (χ2n) is 7.60. The SMILES string of the molecule is CSCC[C@@H](NC(=O)C1CCC(CN2NNc3ccccc3C2=O)CC1)C(=O)O. The number of para-hydroxylation sites is 1. The van der Waals surface area contributed by atoms with E-state index in [0.29, 0.717) is 43.0 Å². The van der Waals surface area contributed by atoms with Crippen LogP contribution in [0.3, 0.4) is 0 Å². The molecule has 1 aromatic rings. The number of benzene rings is 1. The van der Waals surface area contributed by atoms with Crippen molar-refractivity contribution in [3.05, 3.63) is 29.8 Å². The molecule has 1 heterocycles. The first-order valence-electron chi connectivity index (χ1n) is 9.94. The highest BCUT2D eigenvalue weighted by Crippen LogP contribution is 2.30. The van der Waals surface area contributed by atoms with Crippen molar-refractivity contribution in [2.45, 2.75) is 38.1 Å². The van der Waals surface area contributed by atoms with E-state index in [4.69, 9.17) is 0 Å². The van der Waals surface area contributed by atoms with E-state index in [0.717, 1.165) is 18.5 Å². The summed E-state index contributed by atoms with van der Waals surface area (Å²) in [5, 5.41) is 13.6. The molecule has 1 saturated carbocycles. The molecule has 3 rings (SSSR count). The molecule has 9 heteroatoms. The number of nitrogens with one attached hydrogen (secondary N) is 3. The molecule has 1 aliphatic carbocycles. The first kappa shape index (κ1) is 21.4. The van der Waals surface area contributed by atoms with Crippen LogP contribution in [-0.4, -0.2) is 52.5 Å². The Kier molecular flexibility index (Phi) is 7.38. The monoisotopic (exact) mass is 420 g/mol. The van der Waals surface area contributed by atoms with Crippen LogP contribution in [0.25, 0.3) is 0 Å². The molecule has 2 amide bonds. The predicted octanol–water partition coefficient (Wildman–Crippen LogP) is 2.10. The van der Waals surface area contributed by atoms with Crippen LogP contribution >= 0.6 is 11.8 Å². The van der Waals surface area contributed by atoms with Crippen LogP contribution in [0.5, 0.6) is 0 Å². The lowest BCUT2D eigenvalue weighted by molar-refractivity contribution is -0.142. The molecular formula is C20H28N4O4S. The minimum absolute atomic E-state index is 0.0580. The van der Waals surface area contributed by atoms with Gasteiger partial charge in [-0.15, -0.1) is 5.53 Å². The third kappa shape index (κ3) is 5.42. The maximum absolute atomic E-state index is 12.6. The molecule has 4 N–H and O–H groups in total. The van der Waals surface area contributed by atoms with Crippen LogP contribution in [0.2, 0.25) is 0 Å². The number of anilines is 1. The van der Waals surface area contributed by atoms with Crippen molar-refractivity contribution in [3.63, 3.8) is 0 Å². The summed E-state index contributed by atoms with van der Waals surface area (Å²) in [7, 11) is 0. The highest BCUT2D eigenvalue weighted by atomic mass is 32.2. The molecule has 1 aliphatic heterocycles. The number of rotatable bonds is 8. The Morgan fingerprint density at radius 2 is 2.00 bits per heavy atom. The molecule has 1 fully saturated rings. The molecule has 0 unspecified atom stereocenters. The van der Waals surface area contributed by atoms with Crippen LogP contribution in [0.15, 0.2) is 24.3 Å². The average molecular weight is 421 g/mol. The first-order valence-corrected chi connectivity index (χ1v) is 11.3. The fourth-order valence-corrected chi connectivity index (χ4v) is 4.35. The number of amides is 2. The third-order valence-corrected chi connectivity index (χ3v) is 6.26. The van der Waals surface area contributed by atoms with E-state index < -0.39 is 12.0 Å². The zero-order chi connectivity index (χ0) is 20.8. The fraction of sp³-hybridized carbons (Fsp3) is 0.550. The van der Waals surface area contributed by atoms with Crippen molar-refractivity contribution >= 4 is 35.2 Å². The van der Waals surface area contributed by atoms with E-state index in [1.54, 1.807) is 22.8 Å². The molecule has 0 radical (unpaired) electrons. The summed E-state index contributed by atoms with van der Waals surface area (Å²) in [6, 6.07) is 6.54. The molecule has 0 saturated heterocycles. The van der Waals surface area contributed by atoms with Gasteiger partial charge in [0.2, 0.25) is 5.91 Å². The largest absolute Gasteiger partial charge is 0.480 e. The number of nitrogens with zero attached hydrogens (tertiary/aromatic N) is 1. The van der Waals surface area contributed by atoms with Gasteiger partial charge in [-0.25, -0.2) is 4.79 Å². The minimum atomic E-state index is -0.983. The number of aliphatic carboxylic acids is 1. The number of carbonyl (C=O) groups excluding carboxylic acids is 2. The minimum Gasteiger partial charge on any atom is -0.480 e. The van der Waals surface area contributed by atoms with Crippen molar-refractivity contribution in [1.29, 1.82) is 0 Å². The number of thioether (sulfide) groups is 1. The zero-order valence-corrected chi connectivity index (χ0v) is 17.3. The summed E-state index contributed by atoms with van der Waals surface area (Å²) >= 11 is 1.56. The van der Waals surface area contributed by atoms with E-state index in [1.165, 1.54) is 0 Å². The van der Waals surface area contributed by atoms with Crippen LogP contribution in [0.4, 0.5) is 5.69 Å². The van der Waals surface area contributed by atoms with Gasteiger partial charge in [-0.1, -0.05) is 12.1 Å². The number of fused-ring (bicyclic) bond motifs is 1. The first-order chi connectivity index (χ1) is 14.0. The van der Waals surface area contributed by atoms with Gasteiger partial charge in [0, 0.05) is 12.5 Å². The van der Waals surface area contributed by atoms with E-state index >= 15 is 0 Å². The molecule has 0 bridgehead atoms. The Morgan fingerprint density at radius 1 is 1.28 bits per heavy atom. The van der Waals surface area contributed by atoms with Crippen LogP contribution in [0.1, 0.15) is 42.5 Å². The summed E-state index contributed by atoms with van der Waals surface area (Å²) in [6.07, 6.45) is 5.41. The summed E-state index contributed by atoms with van der Waals surface area (Å²) in [4.78, 5) is 36.5. The van der Waals surface area contributed by atoms with Crippen molar-refractivity contribution in [3.8, 4) is 0 Å². The Hall–Kier alpha value is -2.26. The predicted molar refractivity (Wildman–Crippen MR) is 112 cm³/mol. The molecule has 1 atom stereocenters. The van der Waals surface area contributed by atoms with E-state index in [9.17, 15) is 19.5 Å². The summed E-state index contributed by atoms with van der Waals surface area (Å²) in [6.45, 7) is 0.569. The van der Waals surface area contributed by atoms with Gasteiger partial charge < -0.3 is 15.8 Å². The molecule has 29 heavy (non-hydrogen) atoms. The van der Waals surface area contributed by atoms with Crippen LogP contribution in [-0.2, 0) is 9.59 Å². The summed E-state index contributed by atoms with van der Waals surface area (Å²) in [5.74, 6) is -0.376. The molecule has 1 aromatic carbocycles. The summed E-state index contributed by atoms with van der Waals surface area (Å²) < 4.78 is 0. The molecule has 0 aromatic heterocycles. The van der Waals surface area contributed by atoms with Gasteiger partial charge >= 0.3 is 5.97 Å². The van der Waals surface area contributed by atoms with Gasteiger partial charge in [0.05, 0.1) is 11.3 Å². The van der Waals surface area contributed by atoms with Crippen molar-refractivity contribution < 1.29 is 19.5 Å². The number of hydrogen-bond donors (Lipinski definition) is 4. The lowest BCUT2D eigenvalue weighted by Crippen LogP contribution is -2.52. The lowest BCUT2D eigenvalue weighted by Gasteiger charge is -2.35. The molecule has 2 aliphatic rings. The quantitative estimate of drug-likeness (QED) is 0.510. The van der Waals surface area contributed by atoms with Gasteiger partial charge in [-0.05, 0) is 62.2 Å².